The number of aromatic nitrogens is 2. The predicted molar refractivity (Wildman–Crippen MR) is 152 cm³/mol. The SMILES string of the molecule is N#Cc1ccc(CN2CCC(c3c(C(=O)N4CCC(c5cccc(F)c5)C4)cnn3-c3ccc(F)cc3)CC2)cc1. The van der Waals surface area contributed by atoms with Crippen LogP contribution in [-0.4, -0.2) is 51.7 Å². The van der Waals surface area contributed by atoms with E-state index in [-0.39, 0.29) is 29.4 Å². The number of hydrogen-bond acceptors (Lipinski definition) is 4. The summed E-state index contributed by atoms with van der Waals surface area (Å²) in [6, 6.07) is 22.7. The van der Waals surface area contributed by atoms with Crippen molar-refractivity contribution in [2.24, 2.45) is 0 Å². The van der Waals surface area contributed by atoms with Crippen LogP contribution in [0.4, 0.5) is 8.78 Å². The number of rotatable bonds is 6. The van der Waals surface area contributed by atoms with Crippen molar-refractivity contribution >= 4 is 5.91 Å². The van der Waals surface area contributed by atoms with Crippen molar-refractivity contribution in [1.29, 1.82) is 5.26 Å². The molecule has 3 heterocycles. The van der Waals surface area contributed by atoms with Crippen LogP contribution < -0.4 is 0 Å². The number of halogens is 2. The average molecular weight is 552 g/mol. The largest absolute Gasteiger partial charge is 0.338 e. The minimum atomic E-state index is -0.324. The van der Waals surface area contributed by atoms with Crippen LogP contribution in [0.3, 0.4) is 0 Å². The normalized spacial score (nSPS) is 18.0. The van der Waals surface area contributed by atoms with Gasteiger partial charge in [0.2, 0.25) is 0 Å². The lowest BCUT2D eigenvalue weighted by Crippen LogP contribution is -2.34. The number of hydrogen-bond donors (Lipinski definition) is 0. The molecular weight excluding hydrogens is 520 g/mol. The van der Waals surface area contributed by atoms with E-state index in [2.05, 4.69) is 16.1 Å². The van der Waals surface area contributed by atoms with Crippen molar-refractivity contribution in [3.63, 3.8) is 0 Å². The minimum Gasteiger partial charge on any atom is -0.338 e. The van der Waals surface area contributed by atoms with E-state index in [0.29, 0.717) is 24.2 Å². The van der Waals surface area contributed by atoms with Crippen LogP contribution in [0.25, 0.3) is 5.69 Å². The Kier molecular flexibility index (Phi) is 7.62. The molecule has 3 aromatic carbocycles. The van der Waals surface area contributed by atoms with Crippen LogP contribution in [0.15, 0.2) is 79.0 Å². The molecule has 4 aromatic rings. The lowest BCUT2D eigenvalue weighted by Gasteiger charge is -2.33. The van der Waals surface area contributed by atoms with Crippen LogP contribution in [0.2, 0.25) is 0 Å². The molecule has 0 N–H and O–H groups in total. The van der Waals surface area contributed by atoms with Gasteiger partial charge in [-0.15, -0.1) is 0 Å². The van der Waals surface area contributed by atoms with E-state index in [0.717, 1.165) is 61.4 Å². The van der Waals surface area contributed by atoms with Crippen molar-refractivity contribution < 1.29 is 13.6 Å². The first-order valence-electron chi connectivity index (χ1n) is 14.1. The Labute approximate surface area is 238 Å². The van der Waals surface area contributed by atoms with Crippen molar-refractivity contribution in [2.75, 3.05) is 26.2 Å². The molecule has 0 bridgehead atoms. The third kappa shape index (κ3) is 5.77. The zero-order valence-corrected chi connectivity index (χ0v) is 22.7. The van der Waals surface area contributed by atoms with Gasteiger partial charge in [-0.25, -0.2) is 13.5 Å². The summed E-state index contributed by atoms with van der Waals surface area (Å²) >= 11 is 0. The van der Waals surface area contributed by atoms with E-state index >= 15 is 0 Å². The number of likely N-dealkylation sites (tertiary alicyclic amines) is 2. The van der Waals surface area contributed by atoms with E-state index in [1.54, 1.807) is 35.1 Å². The Morgan fingerprint density at radius 3 is 2.34 bits per heavy atom. The number of amides is 1. The lowest BCUT2D eigenvalue weighted by molar-refractivity contribution is 0.0788. The van der Waals surface area contributed by atoms with Crippen LogP contribution >= 0.6 is 0 Å². The van der Waals surface area contributed by atoms with Crippen LogP contribution in [0.5, 0.6) is 0 Å². The van der Waals surface area contributed by atoms with Gasteiger partial charge in [-0.1, -0.05) is 24.3 Å². The zero-order chi connectivity index (χ0) is 28.3. The first-order valence-corrected chi connectivity index (χ1v) is 14.1. The Balaban J connectivity index is 1.22. The fourth-order valence-electron chi connectivity index (χ4n) is 6.16. The highest BCUT2D eigenvalue weighted by atomic mass is 19.1. The van der Waals surface area contributed by atoms with Gasteiger partial charge >= 0.3 is 0 Å². The molecule has 0 spiro atoms. The molecule has 1 unspecified atom stereocenters. The summed E-state index contributed by atoms with van der Waals surface area (Å²) in [7, 11) is 0. The molecule has 8 heteroatoms. The molecule has 1 aromatic heterocycles. The van der Waals surface area contributed by atoms with Crippen LogP contribution in [-0.2, 0) is 6.54 Å². The molecule has 1 amide bonds. The summed E-state index contributed by atoms with van der Waals surface area (Å²) in [5.74, 6) is -0.445. The first-order chi connectivity index (χ1) is 20.0. The molecular formula is C33H31F2N5O. The maximum Gasteiger partial charge on any atom is 0.257 e. The standard InChI is InChI=1S/C33H31F2N5O/c34-28-8-10-30(11-9-28)40-32(25-12-15-38(16-13-25)21-24-6-4-23(19-36)5-7-24)31(20-37-40)33(41)39-17-14-27(22-39)26-2-1-3-29(35)18-26/h1-11,18,20,25,27H,12-17,21-22H2. The molecule has 0 aliphatic carbocycles. The second-order valence-electron chi connectivity index (χ2n) is 11.0. The van der Waals surface area contributed by atoms with Crippen LogP contribution in [0.1, 0.15) is 63.8 Å². The highest BCUT2D eigenvalue weighted by molar-refractivity contribution is 5.95. The number of nitrogens with zero attached hydrogens (tertiary/aromatic N) is 5. The monoisotopic (exact) mass is 551 g/mol. The second kappa shape index (κ2) is 11.6. The highest BCUT2D eigenvalue weighted by Crippen LogP contribution is 2.35. The van der Waals surface area contributed by atoms with Gasteiger partial charge in [0.25, 0.3) is 5.91 Å². The fraction of sp³-hybridized carbons (Fsp3) is 0.303. The molecule has 6 rings (SSSR count). The average Bonchev–Trinajstić information content (AvgIpc) is 3.67. The van der Waals surface area contributed by atoms with E-state index in [4.69, 9.17) is 5.26 Å². The van der Waals surface area contributed by atoms with Crippen molar-refractivity contribution in [2.45, 2.75) is 37.6 Å². The number of piperidine rings is 1. The summed E-state index contributed by atoms with van der Waals surface area (Å²) in [6.45, 7) is 3.66. The van der Waals surface area contributed by atoms with Gasteiger partial charge in [0.05, 0.1) is 34.8 Å². The number of carbonyl (C=O) groups excluding carboxylic acids is 1. The molecule has 2 aliphatic heterocycles. The van der Waals surface area contributed by atoms with E-state index in [9.17, 15) is 13.6 Å². The zero-order valence-electron chi connectivity index (χ0n) is 22.7. The molecule has 208 valence electrons. The third-order valence-electron chi connectivity index (χ3n) is 8.37. The molecule has 2 fully saturated rings. The van der Waals surface area contributed by atoms with Crippen molar-refractivity contribution in [3.05, 3.63) is 119 Å². The van der Waals surface area contributed by atoms with Gasteiger partial charge in [0.1, 0.15) is 11.6 Å². The Morgan fingerprint density at radius 2 is 1.63 bits per heavy atom. The van der Waals surface area contributed by atoms with E-state index in [1.165, 1.54) is 18.2 Å². The Hall–Kier alpha value is -4.35. The Morgan fingerprint density at radius 1 is 0.902 bits per heavy atom. The number of benzene rings is 3. The maximum atomic E-state index is 13.9. The third-order valence-corrected chi connectivity index (χ3v) is 8.37. The van der Waals surface area contributed by atoms with Gasteiger partial charge < -0.3 is 4.90 Å². The molecule has 1 atom stereocenters. The number of nitriles is 1. The molecule has 41 heavy (non-hydrogen) atoms. The van der Waals surface area contributed by atoms with Crippen LogP contribution in [0, 0.1) is 23.0 Å². The molecule has 6 nitrogen and oxygen atoms in total. The molecule has 0 saturated carbocycles. The molecule has 0 radical (unpaired) electrons. The summed E-state index contributed by atoms with van der Waals surface area (Å²) in [4.78, 5) is 18.2. The summed E-state index contributed by atoms with van der Waals surface area (Å²) in [5.41, 5.74) is 4.90. The second-order valence-corrected chi connectivity index (χ2v) is 11.0. The van der Waals surface area contributed by atoms with Crippen molar-refractivity contribution in [1.82, 2.24) is 19.6 Å². The summed E-state index contributed by atoms with van der Waals surface area (Å²) < 4.78 is 29.4. The van der Waals surface area contributed by atoms with Crippen molar-refractivity contribution in [3.8, 4) is 11.8 Å². The topological polar surface area (TPSA) is 65.2 Å². The number of carbonyl (C=O) groups is 1. The molecule has 2 aliphatic rings. The molecule has 2 saturated heterocycles. The summed E-state index contributed by atoms with van der Waals surface area (Å²) in [6.07, 6.45) is 4.15. The quantitative estimate of drug-likeness (QED) is 0.294. The van der Waals surface area contributed by atoms with Gasteiger partial charge in [0, 0.05) is 31.5 Å². The minimum absolute atomic E-state index is 0.0627. The summed E-state index contributed by atoms with van der Waals surface area (Å²) in [5, 5.41) is 13.7. The Bertz CT molecular complexity index is 1570. The van der Waals surface area contributed by atoms with E-state index < -0.39 is 0 Å². The fourth-order valence-corrected chi connectivity index (χ4v) is 6.16. The lowest BCUT2D eigenvalue weighted by atomic mass is 9.90. The van der Waals surface area contributed by atoms with Gasteiger partial charge in [-0.05, 0) is 92.0 Å². The van der Waals surface area contributed by atoms with Gasteiger partial charge in [-0.3, -0.25) is 9.69 Å². The highest BCUT2D eigenvalue weighted by Gasteiger charge is 2.34. The predicted octanol–water partition coefficient (Wildman–Crippen LogP) is 6.03. The van der Waals surface area contributed by atoms with E-state index in [1.807, 2.05) is 35.2 Å². The smallest absolute Gasteiger partial charge is 0.257 e. The van der Waals surface area contributed by atoms with Gasteiger partial charge in [0.15, 0.2) is 0 Å². The first kappa shape index (κ1) is 26.9. The van der Waals surface area contributed by atoms with Gasteiger partial charge in [-0.2, -0.15) is 10.4 Å². The maximum absolute atomic E-state index is 13.9.